The molecule has 0 amide bonds. The van der Waals surface area contributed by atoms with E-state index in [0.29, 0.717) is 80.4 Å². The number of hydrogen-bond donors (Lipinski definition) is 2. The van der Waals surface area contributed by atoms with Crippen molar-refractivity contribution in [3.05, 3.63) is 23.3 Å². The van der Waals surface area contributed by atoms with E-state index in [1.54, 1.807) is 0 Å². The lowest BCUT2D eigenvalue weighted by Crippen LogP contribution is -2.68. The molecule has 1 aliphatic heterocycles. The predicted octanol–water partition coefficient (Wildman–Crippen LogP) is 8.53. The molecule has 0 aromatic heterocycles. The summed E-state index contributed by atoms with van der Waals surface area (Å²) in [6.45, 7) is 21.0. The van der Waals surface area contributed by atoms with Crippen molar-refractivity contribution in [2.75, 3.05) is 55.9 Å². The lowest BCUT2D eigenvalue weighted by atomic mass is 9.32. The molecule has 11 atom stereocenters. The number of sulfone groups is 2. The number of carboxylic acid groups (broad SMARTS) is 1. The molecule has 0 aromatic rings. The second-order valence-electron chi connectivity index (χ2n) is 22.4. The fourth-order valence-electron chi connectivity index (χ4n) is 15.5. The molecule has 330 valence electrons. The molecule has 6 aliphatic carbocycles. The first-order valence-electron chi connectivity index (χ1n) is 23.1. The molecule has 11 heteroatoms. The standard InChI is InChI=1S/C47H77FN2O6S2/c1-32(2)33(3)35-13-20-47(49-23-27-57(53,54)28-24-50-25-29-58(55,56)30-26-50)22-21-44(7)37(40(35)47)9-10-39-43(6)16-14-36(42(4,5)38(43)15-17-45(39,44)8)34-11-18-46(31-48,19-12-34)41(51)52/h11,14,32-33,35,37-40,49H,9-10,12-13,15-31H2,1-8H3,(H,51,52)/t33?,35-,37+,38-,39+,40+,43-,44+,45+,46-,47-/m0/s1. The summed E-state index contributed by atoms with van der Waals surface area (Å²) in [6.07, 6.45) is 16.3. The minimum atomic E-state index is -3.30. The number of aliphatic carboxylic acids is 1. The highest BCUT2D eigenvalue weighted by atomic mass is 32.2. The van der Waals surface area contributed by atoms with Crippen LogP contribution in [0.2, 0.25) is 0 Å². The average Bonchev–Trinajstić information content (AvgIpc) is 3.53. The van der Waals surface area contributed by atoms with Gasteiger partial charge in [0.2, 0.25) is 0 Å². The van der Waals surface area contributed by atoms with E-state index in [0.717, 1.165) is 19.3 Å². The van der Waals surface area contributed by atoms with Gasteiger partial charge in [0.05, 0.1) is 28.4 Å². The number of alkyl halides is 1. The van der Waals surface area contributed by atoms with Crippen LogP contribution < -0.4 is 5.32 Å². The van der Waals surface area contributed by atoms with E-state index < -0.39 is 37.7 Å². The highest BCUT2D eigenvalue weighted by molar-refractivity contribution is 7.91. The third-order valence-corrected chi connectivity index (χ3v) is 22.7. The molecule has 7 aliphatic rings. The third kappa shape index (κ3) is 7.33. The number of carboxylic acids is 1. The minimum absolute atomic E-state index is 0.0440. The molecule has 0 spiro atoms. The lowest BCUT2D eigenvalue weighted by molar-refractivity contribution is -0.223. The van der Waals surface area contributed by atoms with Gasteiger partial charge in [0.1, 0.15) is 6.67 Å². The predicted molar refractivity (Wildman–Crippen MR) is 232 cm³/mol. The summed E-state index contributed by atoms with van der Waals surface area (Å²) in [6, 6.07) is 0. The van der Waals surface area contributed by atoms with E-state index in [-0.39, 0.29) is 56.6 Å². The van der Waals surface area contributed by atoms with Gasteiger partial charge in [-0.1, -0.05) is 67.5 Å². The van der Waals surface area contributed by atoms with Crippen LogP contribution in [0.25, 0.3) is 0 Å². The third-order valence-electron chi connectivity index (χ3n) is 19.5. The van der Waals surface area contributed by atoms with Gasteiger partial charge in [-0.3, -0.25) is 4.79 Å². The molecule has 1 unspecified atom stereocenters. The number of hydrogen-bond acceptors (Lipinski definition) is 7. The number of fused-ring (bicyclic) bond motifs is 7. The molecular weight excluding hydrogens is 772 g/mol. The molecule has 4 saturated carbocycles. The van der Waals surface area contributed by atoms with Crippen LogP contribution in [0.4, 0.5) is 4.39 Å². The van der Waals surface area contributed by atoms with E-state index >= 15 is 0 Å². The van der Waals surface area contributed by atoms with Crippen molar-refractivity contribution in [2.45, 2.75) is 138 Å². The minimum Gasteiger partial charge on any atom is -0.481 e. The van der Waals surface area contributed by atoms with Gasteiger partial charge in [-0.2, -0.15) is 0 Å². The second-order valence-corrected chi connectivity index (χ2v) is 27.0. The SMILES string of the molecule is CC(C)C(C)[C@@H]1CC[C@]2(NCCS(=O)(=O)CCN3CCS(=O)(=O)CC3)CC[C@]3(C)[C@H](CC[C@@H]4[C@@]5(C)CC=C(C6=CC[C@](CF)(C(=O)O)CC6)C(C)(C)[C@@H]5CC[C@]43C)[C@@H]12. The van der Waals surface area contributed by atoms with Gasteiger partial charge in [-0.15, -0.1) is 0 Å². The monoisotopic (exact) mass is 849 g/mol. The van der Waals surface area contributed by atoms with Crippen LogP contribution in [-0.2, 0) is 24.5 Å². The van der Waals surface area contributed by atoms with Crippen LogP contribution in [0.1, 0.15) is 132 Å². The summed E-state index contributed by atoms with van der Waals surface area (Å²) in [5.74, 6) is 3.40. The van der Waals surface area contributed by atoms with E-state index in [9.17, 15) is 31.1 Å². The molecule has 0 bridgehead atoms. The lowest BCUT2D eigenvalue weighted by Gasteiger charge is -2.72. The van der Waals surface area contributed by atoms with Crippen molar-refractivity contribution >= 4 is 25.6 Å². The Labute approximate surface area is 351 Å². The zero-order valence-electron chi connectivity index (χ0n) is 37.2. The molecule has 0 radical (unpaired) electrons. The molecule has 1 saturated heterocycles. The van der Waals surface area contributed by atoms with Gasteiger partial charge in [0.25, 0.3) is 0 Å². The van der Waals surface area contributed by atoms with Crippen molar-refractivity contribution in [1.29, 1.82) is 0 Å². The summed E-state index contributed by atoms with van der Waals surface area (Å²) in [7, 11) is -6.29. The van der Waals surface area contributed by atoms with Crippen molar-refractivity contribution in [3.63, 3.8) is 0 Å². The van der Waals surface area contributed by atoms with Gasteiger partial charge >= 0.3 is 5.97 Å². The normalized spacial score (nSPS) is 43.0. The Balaban J connectivity index is 1.10. The van der Waals surface area contributed by atoms with Crippen molar-refractivity contribution in [3.8, 4) is 0 Å². The van der Waals surface area contributed by atoms with Gasteiger partial charge in [0.15, 0.2) is 19.7 Å². The van der Waals surface area contributed by atoms with Gasteiger partial charge in [-0.05, 0) is 151 Å². The van der Waals surface area contributed by atoms with E-state index in [1.807, 2.05) is 4.90 Å². The number of nitrogens with one attached hydrogen (secondary N) is 1. The van der Waals surface area contributed by atoms with Crippen LogP contribution in [0.15, 0.2) is 23.3 Å². The van der Waals surface area contributed by atoms with Gasteiger partial charge < -0.3 is 15.3 Å². The highest BCUT2D eigenvalue weighted by Gasteiger charge is 2.70. The number of nitrogens with zero attached hydrogens (tertiary/aromatic N) is 1. The fraction of sp³-hybridized carbons (Fsp3) is 0.894. The summed E-state index contributed by atoms with van der Waals surface area (Å²) in [5.41, 5.74) is 1.76. The fourth-order valence-corrected chi connectivity index (χ4v) is 17.9. The summed E-state index contributed by atoms with van der Waals surface area (Å²) >= 11 is 0. The topological polar surface area (TPSA) is 121 Å². The summed E-state index contributed by atoms with van der Waals surface area (Å²) in [4.78, 5) is 14.0. The molecule has 1 heterocycles. The van der Waals surface area contributed by atoms with Crippen molar-refractivity contribution < 1.29 is 31.1 Å². The Bertz CT molecular complexity index is 1860. The second kappa shape index (κ2) is 15.5. The molecule has 2 N–H and O–H groups in total. The van der Waals surface area contributed by atoms with Crippen LogP contribution in [0, 0.1) is 68.5 Å². The largest absolute Gasteiger partial charge is 0.481 e. The van der Waals surface area contributed by atoms with Crippen LogP contribution in [0.3, 0.4) is 0 Å². The zero-order chi connectivity index (χ0) is 42.3. The van der Waals surface area contributed by atoms with Crippen LogP contribution >= 0.6 is 0 Å². The Morgan fingerprint density at radius 2 is 1.60 bits per heavy atom. The average molecular weight is 849 g/mol. The molecule has 8 nitrogen and oxygen atoms in total. The van der Waals surface area contributed by atoms with E-state index in [2.05, 4.69) is 72.9 Å². The first-order chi connectivity index (χ1) is 27.0. The van der Waals surface area contributed by atoms with E-state index in [1.165, 1.54) is 49.7 Å². The van der Waals surface area contributed by atoms with Crippen LogP contribution in [-0.4, -0.2) is 94.2 Å². The Hall–Kier alpha value is -1.30. The Kier molecular flexibility index (Phi) is 12.0. The van der Waals surface area contributed by atoms with Gasteiger partial charge in [-0.25, -0.2) is 21.2 Å². The Morgan fingerprint density at radius 1 is 0.897 bits per heavy atom. The number of halogens is 1. The zero-order valence-corrected chi connectivity index (χ0v) is 38.8. The molecule has 5 fully saturated rings. The first kappa shape index (κ1) is 44.7. The molecule has 58 heavy (non-hydrogen) atoms. The van der Waals surface area contributed by atoms with Crippen molar-refractivity contribution in [2.24, 2.45) is 68.5 Å². The van der Waals surface area contributed by atoms with E-state index in [4.69, 9.17) is 0 Å². The smallest absolute Gasteiger partial charge is 0.312 e. The Morgan fingerprint density at radius 3 is 2.22 bits per heavy atom. The number of carbonyl (C=O) groups is 1. The maximum Gasteiger partial charge on any atom is 0.312 e. The van der Waals surface area contributed by atoms with Crippen LogP contribution in [0.5, 0.6) is 0 Å². The maximum atomic E-state index is 14.0. The summed E-state index contributed by atoms with van der Waals surface area (Å²) in [5, 5.41) is 13.9. The quantitative estimate of drug-likeness (QED) is 0.201. The molecule has 0 aromatic carbocycles. The molecular formula is C47H77FN2O6S2. The number of rotatable bonds is 12. The maximum absolute atomic E-state index is 14.0. The molecule has 7 rings (SSSR count). The van der Waals surface area contributed by atoms with Crippen molar-refractivity contribution in [1.82, 2.24) is 10.2 Å². The van der Waals surface area contributed by atoms with Gasteiger partial charge in [0, 0.05) is 31.7 Å². The first-order valence-corrected chi connectivity index (χ1v) is 26.7. The summed E-state index contributed by atoms with van der Waals surface area (Å²) < 4.78 is 64.6. The highest BCUT2D eigenvalue weighted by Crippen LogP contribution is 2.76. The number of allylic oxidation sites excluding steroid dienone is 4.